The molecular weight excluding hydrogens is 536 g/mol. The average Bonchev–Trinajstić information content (AvgIpc) is 3.41. The van der Waals surface area contributed by atoms with Gasteiger partial charge in [0, 0.05) is 45.0 Å². The van der Waals surface area contributed by atoms with E-state index in [2.05, 4.69) is 22.1 Å². The lowest BCUT2D eigenvalue weighted by molar-refractivity contribution is -0.137. The zero-order valence-electron chi connectivity index (χ0n) is 23.4. The van der Waals surface area contributed by atoms with Crippen LogP contribution in [0.5, 0.6) is 5.75 Å². The number of aromatic nitrogens is 2. The molecule has 4 rings (SSSR count). The van der Waals surface area contributed by atoms with Gasteiger partial charge in [0.25, 0.3) is 0 Å². The number of hydrogen-bond donors (Lipinski definition) is 3. The van der Waals surface area contributed by atoms with Gasteiger partial charge in [0.2, 0.25) is 5.91 Å². The maximum Gasteiger partial charge on any atom is 0.354 e. The lowest BCUT2D eigenvalue weighted by Gasteiger charge is -2.37. The van der Waals surface area contributed by atoms with Gasteiger partial charge in [-0.15, -0.1) is 12.4 Å². The number of halogens is 1. The van der Waals surface area contributed by atoms with Gasteiger partial charge in [0.05, 0.1) is 11.2 Å². The monoisotopic (exact) mass is 576 g/mol. The van der Waals surface area contributed by atoms with E-state index in [1.807, 2.05) is 12.1 Å². The van der Waals surface area contributed by atoms with Crippen LogP contribution in [0.1, 0.15) is 27.2 Å². The summed E-state index contributed by atoms with van der Waals surface area (Å²) in [4.78, 5) is 47.4. The van der Waals surface area contributed by atoms with Crippen molar-refractivity contribution in [2.75, 3.05) is 57.7 Å². The van der Waals surface area contributed by atoms with E-state index in [9.17, 15) is 14.4 Å². The summed E-state index contributed by atoms with van der Waals surface area (Å²) >= 11 is 0. The third-order valence-corrected chi connectivity index (χ3v) is 7.32. The van der Waals surface area contributed by atoms with E-state index in [0.717, 1.165) is 31.8 Å². The molecule has 1 aromatic carbocycles. The van der Waals surface area contributed by atoms with Crippen LogP contribution in [-0.4, -0.2) is 100 Å². The molecule has 3 heterocycles. The number of amides is 3. The zero-order valence-corrected chi connectivity index (χ0v) is 24.2. The molecule has 0 aliphatic carbocycles. The molecule has 2 atom stereocenters. The van der Waals surface area contributed by atoms with Gasteiger partial charge in [-0.3, -0.25) is 19.6 Å². The highest BCUT2D eigenvalue weighted by Gasteiger charge is 2.31. The molecule has 1 aromatic heterocycles. The Morgan fingerprint density at radius 1 is 1.10 bits per heavy atom. The van der Waals surface area contributed by atoms with E-state index < -0.39 is 11.2 Å². The Labute approximate surface area is 241 Å². The fourth-order valence-corrected chi connectivity index (χ4v) is 4.86. The molecule has 1 unspecified atom stereocenters. The lowest BCUT2D eigenvalue weighted by Crippen LogP contribution is -2.58. The van der Waals surface area contributed by atoms with E-state index in [1.54, 1.807) is 48.0 Å². The maximum absolute atomic E-state index is 12.7. The van der Waals surface area contributed by atoms with Gasteiger partial charge in [-0.2, -0.15) is 4.98 Å². The van der Waals surface area contributed by atoms with E-state index in [-0.39, 0.29) is 30.2 Å². The van der Waals surface area contributed by atoms with E-state index in [0.29, 0.717) is 50.4 Å². The minimum atomic E-state index is -0.952. The molecule has 0 bridgehead atoms. The SMILES string of the molecule is CC(COc1ccc(-n2ccc(NC(=O)N3CCN(C(=O)C(C)(C)N)CC3)nc2=O)cc1)N1CC[C@@H](CN)C1.Cl. The van der Waals surface area contributed by atoms with Gasteiger partial charge in [-0.1, -0.05) is 0 Å². The molecule has 2 fully saturated rings. The highest BCUT2D eigenvalue weighted by Crippen LogP contribution is 2.20. The molecule has 2 aliphatic rings. The molecule has 220 valence electrons. The number of urea groups is 1. The Kier molecular flexibility index (Phi) is 10.5. The second kappa shape index (κ2) is 13.4. The molecule has 40 heavy (non-hydrogen) atoms. The van der Waals surface area contributed by atoms with Gasteiger partial charge in [0.15, 0.2) is 0 Å². The summed E-state index contributed by atoms with van der Waals surface area (Å²) in [7, 11) is 0. The molecule has 0 saturated carbocycles. The Balaban J connectivity index is 0.00000441. The van der Waals surface area contributed by atoms with Crippen molar-refractivity contribution >= 4 is 30.2 Å². The molecular formula is C27H41ClN8O4. The van der Waals surface area contributed by atoms with Gasteiger partial charge >= 0.3 is 11.7 Å². The first-order valence-corrected chi connectivity index (χ1v) is 13.5. The Morgan fingerprint density at radius 2 is 1.75 bits per heavy atom. The third-order valence-electron chi connectivity index (χ3n) is 7.32. The fraction of sp³-hybridized carbons (Fsp3) is 0.556. The van der Waals surface area contributed by atoms with Crippen LogP contribution in [0.4, 0.5) is 10.6 Å². The number of hydrogen-bond acceptors (Lipinski definition) is 8. The Bertz CT molecular complexity index is 1210. The highest BCUT2D eigenvalue weighted by molar-refractivity contribution is 5.89. The largest absolute Gasteiger partial charge is 0.492 e. The van der Waals surface area contributed by atoms with Crippen LogP contribution in [0.2, 0.25) is 0 Å². The summed E-state index contributed by atoms with van der Waals surface area (Å²) in [6, 6.07) is 8.74. The predicted octanol–water partition coefficient (Wildman–Crippen LogP) is 1.12. The van der Waals surface area contributed by atoms with Crippen molar-refractivity contribution in [3.05, 3.63) is 47.0 Å². The number of anilines is 1. The van der Waals surface area contributed by atoms with E-state index >= 15 is 0 Å². The molecule has 0 radical (unpaired) electrons. The van der Waals surface area contributed by atoms with Crippen molar-refractivity contribution < 1.29 is 14.3 Å². The standard InChI is InChI=1S/C27H40N8O4.ClH/c1-19(34-10-8-20(16-28)17-34)18-39-22-6-4-21(5-7-22)35-11-9-23(31-26(35)38)30-25(37)33-14-12-32(13-15-33)24(36)27(2,3)29;/h4-7,9,11,19-20H,8,10,12-18,28-29H2,1-3H3,(H,30,31,37,38);1H/t19?,20-;/m0./s1. The second-order valence-corrected chi connectivity index (χ2v) is 10.9. The zero-order chi connectivity index (χ0) is 28.2. The smallest absolute Gasteiger partial charge is 0.354 e. The summed E-state index contributed by atoms with van der Waals surface area (Å²) < 4.78 is 7.37. The topological polar surface area (TPSA) is 152 Å². The van der Waals surface area contributed by atoms with Crippen LogP contribution < -0.4 is 27.2 Å². The molecule has 0 spiro atoms. The first-order valence-electron chi connectivity index (χ1n) is 13.5. The van der Waals surface area contributed by atoms with Gasteiger partial charge in [-0.25, -0.2) is 9.59 Å². The summed E-state index contributed by atoms with van der Waals surface area (Å²) in [5, 5.41) is 2.67. The molecule has 2 aliphatic heterocycles. The number of ether oxygens (including phenoxy) is 1. The molecule has 2 saturated heterocycles. The fourth-order valence-electron chi connectivity index (χ4n) is 4.86. The second-order valence-electron chi connectivity index (χ2n) is 10.9. The number of benzene rings is 1. The van der Waals surface area contributed by atoms with Crippen molar-refractivity contribution in [2.24, 2.45) is 17.4 Å². The summed E-state index contributed by atoms with van der Waals surface area (Å²) in [6.45, 7) is 10.4. The van der Waals surface area contributed by atoms with Crippen molar-refractivity contribution in [3.63, 3.8) is 0 Å². The van der Waals surface area contributed by atoms with Crippen LogP contribution in [0.3, 0.4) is 0 Å². The molecule has 3 amide bonds. The lowest BCUT2D eigenvalue weighted by atomic mass is 10.1. The number of nitrogens with one attached hydrogen (secondary N) is 1. The summed E-state index contributed by atoms with van der Waals surface area (Å²) in [5.41, 5.74) is 10.9. The molecule has 12 nitrogen and oxygen atoms in total. The first-order chi connectivity index (χ1) is 18.5. The van der Waals surface area contributed by atoms with E-state index in [1.165, 1.54) is 4.57 Å². The van der Waals surface area contributed by atoms with Crippen molar-refractivity contribution in [1.29, 1.82) is 0 Å². The highest BCUT2D eigenvalue weighted by atomic mass is 35.5. The van der Waals surface area contributed by atoms with Crippen LogP contribution in [0, 0.1) is 5.92 Å². The minimum Gasteiger partial charge on any atom is -0.492 e. The van der Waals surface area contributed by atoms with Crippen molar-refractivity contribution in [3.8, 4) is 11.4 Å². The number of nitrogens with zero attached hydrogens (tertiary/aromatic N) is 5. The summed E-state index contributed by atoms with van der Waals surface area (Å²) in [5.74, 6) is 1.30. The first kappa shape index (κ1) is 31.3. The molecule has 2 aromatic rings. The minimum absolute atomic E-state index is 0. The van der Waals surface area contributed by atoms with E-state index in [4.69, 9.17) is 16.2 Å². The van der Waals surface area contributed by atoms with Crippen LogP contribution in [0.15, 0.2) is 41.3 Å². The number of piperazine rings is 1. The quantitative estimate of drug-likeness (QED) is 0.423. The van der Waals surface area contributed by atoms with Crippen LogP contribution in [0.25, 0.3) is 5.69 Å². The predicted molar refractivity (Wildman–Crippen MR) is 156 cm³/mol. The van der Waals surface area contributed by atoms with Crippen molar-refractivity contribution in [1.82, 2.24) is 24.3 Å². The normalized spacial score (nSPS) is 18.7. The van der Waals surface area contributed by atoms with Crippen LogP contribution in [-0.2, 0) is 4.79 Å². The van der Waals surface area contributed by atoms with Gasteiger partial charge < -0.3 is 26.0 Å². The Morgan fingerprint density at radius 3 is 2.33 bits per heavy atom. The average molecular weight is 577 g/mol. The van der Waals surface area contributed by atoms with Crippen LogP contribution >= 0.6 is 12.4 Å². The number of carbonyl (C=O) groups excluding carboxylic acids is 2. The van der Waals surface area contributed by atoms with Gasteiger partial charge in [-0.05, 0) is 76.5 Å². The van der Waals surface area contributed by atoms with Gasteiger partial charge in [0.1, 0.15) is 18.2 Å². The maximum atomic E-state index is 12.7. The number of carbonyl (C=O) groups is 2. The number of likely N-dealkylation sites (tertiary alicyclic amines) is 1. The number of nitrogens with two attached hydrogens (primary N) is 2. The van der Waals surface area contributed by atoms with Crippen molar-refractivity contribution in [2.45, 2.75) is 38.8 Å². The third kappa shape index (κ3) is 7.72. The number of rotatable bonds is 8. The Hall–Kier alpha value is -3.19. The molecule has 13 heteroatoms. The summed E-state index contributed by atoms with van der Waals surface area (Å²) in [6.07, 6.45) is 2.71. The molecule has 5 N–H and O–H groups in total.